The Bertz CT molecular complexity index is 249. The van der Waals surface area contributed by atoms with Gasteiger partial charge in [0, 0.05) is 38.3 Å². The molecule has 1 aliphatic heterocycles. The van der Waals surface area contributed by atoms with Gasteiger partial charge in [0.2, 0.25) is 5.91 Å². The van der Waals surface area contributed by atoms with Crippen LogP contribution in [0.25, 0.3) is 0 Å². The van der Waals surface area contributed by atoms with Gasteiger partial charge in [-0.05, 0) is 26.7 Å². The lowest BCUT2D eigenvalue weighted by Crippen LogP contribution is -2.53. The van der Waals surface area contributed by atoms with Gasteiger partial charge in [-0.15, -0.1) is 0 Å². The molecular formula is C14H29N3O. The lowest BCUT2D eigenvalue weighted by molar-refractivity contribution is -0.132. The number of amides is 1. The molecule has 0 bridgehead atoms. The first-order valence-electron chi connectivity index (χ1n) is 7.33. The molecule has 106 valence electrons. The molecule has 0 spiro atoms. The number of carbonyl (C=O) groups is 1. The molecule has 0 aliphatic carbocycles. The van der Waals surface area contributed by atoms with Gasteiger partial charge in [-0.1, -0.05) is 13.8 Å². The number of nitrogens with zero attached hydrogens (tertiary/aromatic N) is 2. The minimum Gasteiger partial charge on any atom is -0.339 e. The monoisotopic (exact) mass is 255 g/mol. The first-order valence-corrected chi connectivity index (χ1v) is 7.33. The Hall–Kier alpha value is -0.610. The Balaban J connectivity index is 2.27. The standard InChI is InChI=1S/C14H29N3O/c1-5-12(3)15-11-14(18)17-9-7-16(8-10-17)13(4)6-2/h12-13,15H,5-11H2,1-4H3. The van der Waals surface area contributed by atoms with Crippen LogP contribution in [0.1, 0.15) is 40.5 Å². The zero-order valence-corrected chi connectivity index (χ0v) is 12.4. The minimum absolute atomic E-state index is 0.249. The van der Waals surface area contributed by atoms with Crippen LogP contribution in [0.2, 0.25) is 0 Å². The Kier molecular flexibility index (Phi) is 6.65. The summed E-state index contributed by atoms with van der Waals surface area (Å²) in [7, 11) is 0. The van der Waals surface area contributed by atoms with Gasteiger partial charge in [-0.25, -0.2) is 0 Å². The van der Waals surface area contributed by atoms with Crippen molar-refractivity contribution in [3.63, 3.8) is 0 Å². The van der Waals surface area contributed by atoms with E-state index < -0.39 is 0 Å². The molecule has 1 heterocycles. The van der Waals surface area contributed by atoms with Gasteiger partial charge < -0.3 is 10.2 Å². The third kappa shape index (κ3) is 4.58. The first-order chi connectivity index (χ1) is 8.58. The first kappa shape index (κ1) is 15.4. The molecule has 1 fully saturated rings. The molecular weight excluding hydrogens is 226 g/mol. The van der Waals surface area contributed by atoms with Gasteiger partial charge in [0.1, 0.15) is 0 Å². The fraction of sp³-hybridized carbons (Fsp3) is 0.929. The van der Waals surface area contributed by atoms with Gasteiger partial charge in [-0.2, -0.15) is 0 Å². The highest BCUT2D eigenvalue weighted by Gasteiger charge is 2.23. The van der Waals surface area contributed by atoms with Gasteiger partial charge in [0.05, 0.1) is 6.54 Å². The van der Waals surface area contributed by atoms with Gasteiger partial charge in [0.25, 0.3) is 0 Å². The van der Waals surface area contributed by atoms with E-state index in [1.165, 1.54) is 6.42 Å². The molecule has 1 saturated heterocycles. The lowest BCUT2D eigenvalue weighted by Gasteiger charge is -2.38. The second-order valence-corrected chi connectivity index (χ2v) is 5.36. The summed E-state index contributed by atoms with van der Waals surface area (Å²) >= 11 is 0. The summed E-state index contributed by atoms with van der Waals surface area (Å²) in [5.74, 6) is 0.249. The molecule has 0 radical (unpaired) electrons. The lowest BCUT2D eigenvalue weighted by atomic mass is 10.2. The molecule has 4 heteroatoms. The summed E-state index contributed by atoms with van der Waals surface area (Å²) in [5.41, 5.74) is 0. The number of nitrogens with one attached hydrogen (secondary N) is 1. The summed E-state index contributed by atoms with van der Waals surface area (Å²) in [6, 6.07) is 1.07. The fourth-order valence-electron chi connectivity index (χ4n) is 2.19. The van der Waals surface area contributed by atoms with Crippen molar-refractivity contribution in [3.8, 4) is 0 Å². The normalized spacial score (nSPS) is 20.8. The summed E-state index contributed by atoms with van der Waals surface area (Å²) in [6.45, 7) is 13.0. The van der Waals surface area contributed by atoms with Crippen molar-refractivity contribution in [1.29, 1.82) is 0 Å². The zero-order valence-electron chi connectivity index (χ0n) is 12.4. The maximum absolute atomic E-state index is 12.0. The molecule has 1 amide bonds. The van der Waals surface area contributed by atoms with Gasteiger partial charge >= 0.3 is 0 Å². The van der Waals surface area contributed by atoms with Crippen LogP contribution < -0.4 is 5.32 Å². The van der Waals surface area contributed by atoms with Gasteiger partial charge in [0.15, 0.2) is 0 Å². The second-order valence-electron chi connectivity index (χ2n) is 5.36. The number of carbonyl (C=O) groups excluding carboxylic acids is 1. The largest absolute Gasteiger partial charge is 0.339 e. The van der Waals surface area contributed by atoms with E-state index in [0.29, 0.717) is 18.6 Å². The van der Waals surface area contributed by atoms with Crippen molar-refractivity contribution in [2.75, 3.05) is 32.7 Å². The third-order valence-electron chi connectivity index (χ3n) is 4.10. The van der Waals surface area contributed by atoms with E-state index >= 15 is 0 Å². The molecule has 0 aromatic heterocycles. The van der Waals surface area contributed by atoms with Crippen LogP contribution in [0.5, 0.6) is 0 Å². The van der Waals surface area contributed by atoms with E-state index in [0.717, 1.165) is 32.6 Å². The molecule has 18 heavy (non-hydrogen) atoms. The number of hydrogen-bond donors (Lipinski definition) is 1. The van der Waals surface area contributed by atoms with Crippen LogP contribution >= 0.6 is 0 Å². The summed E-state index contributed by atoms with van der Waals surface area (Å²) in [6.07, 6.45) is 2.25. The predicted molar refractivity (Wildman–Crippen MR) is 75.7 cm³/mol. The van der Waals surface area contributed by atoms with Gasteiger partial charge in [-0.3, -0.25) is 9.69 Å². The third-order valence-corrected chi connectivity index (χ3v) is 4.10. The van der Waals surface area contributed by atoms with Crippen LogP contribution in [0, 0.1) is 0 Å². The molecule has 0 saturated carbocycles. The predicted octanol–water partition coefficient (Wildman–Crippen LogP) is 1.32. The average Bonchev–Trinajstić information content (AvgIpc) is 2.43. The van der Waals surface area contributed by atoms with Crippen molar-refractivity contribution >= 4 is 5.91 Å². The van der Waals surface area contributed by atoms with E-state index in [-0.39, 0.29) is 5.91 Å². The van der Waals surface area contributed by atoms with E-state index in [4.69, 9.17) is 0 Å². The van der Waals surface area contributed by atoms with Crippen molar-refractivity contribution in [2.45, 2.75) is 52.6 Å². The molecule has 0 aromatic carbocycles. The average molecular weight is 255 g/mol. The maximum atomic E-state index is 12.0. The zero-order chi connectivity index (χ0) is 13.5. The molecule has 1 N–H and O–H groups in total. The Morgan fingerprint density at radius 2 is 1.72 bits per heavy atom. The molecule has 2 unspecified atom stereocenters. The number of rotatable bonds is 6. The van der Waals surface area contributed by atoms with E-state index in [1.54, 1.807) is 0 Å². The van der Waals surface area contributed by atoms with Crippen molar-refractivity contribution in [2.24, 2.45) is 0 Å². The highest BCUT2D eigenvalue weighted by Crippen LogP contribution is 2.08. The van der Waals surface area contributed by atoms with E-state index in [9.17, 15) is 4.79 Å². The van der Waals surface area contributed by atoms with Crippen LogP contribution in [-0.2, 0) is 4.79 Å². The topological polar surface area (TPSA) is 35.6 Å². The molecule has 2 atom stereocenters. The highest BCUT2D eigenvalue weighted by molar-refractivity contribution is 5.78. The minimum atomic E-state index is 0.249. The van der Waals surface area contributed by atoms with Crippen LogP contribution in [0.15, 0.2) is 0 Å². The molecule has 1 rings (SSSR count). The van der Waals surface area contributed by atoms with E-state index in [1.807, 2.05) is 4.90 Å². The molecule has 0 aromatic rings. The summed E-state index contributed by atoms with van der Waals surface area (Å²) < 4.78 is 0. The Morgan fingerprint density at radius 3 is 2.22 bits per heavy atom. The fourth-order valence-corrected chi connectivity index (χ4v) is 2.19. The number of piperazine rings is 1. The van der Waals surface area contributed by atoms with Crippen molar-refractivity contribution in [3.05, 3.63) is 0 Å². The smallest absolute Gasteiger partial charge is 0.236 e. The van der Waals surface area contributed by atoms with Crippen LogP contribution in [-0.4, -0.2) is 60.5 Å². The van der Waals surface area contributed by atoms with Crippen molar-refractivity contribution < 1.29 is 4.79 Å². The van der Waals surface area contributed by atoms with E-state index in [2.05, 4.69) is 37.9 Å². The molecule has 4 nitrogen and oxygen atoms in total. The van der Waals surface area contributed by atoms with Crippen LogP contribution in [0.4, 0.5) is 0 Å². The SMILES string of the molecule is CCC(C)NCC(=O)N1CCN(C(C)CC)CC1. The quantitative estimate of drug-likeness (QED) is 0.777. The van der Waals surface area contributed by atoms with Crippen molar-refractivity contribution in [1.82, 2.24) is 15.1 Å². The Morgan fingerprint density at radius 1 is 1.11 bits per heavy atom. The summed E-state index contributed by atoms with van der Waals surface area (Å²) in [5, 5.41) is 3.27. The number of hydrogen-bond acceptors (Lipinski definition) is 3. The second kappa shape index (κ2) is 7.74. The van der Waals surface area contributed by atoms with Crippen LogP contribution in [0.3, 0.4) is 0 Å². The molecule has 1 aliphatic rings. The summed E-state index contributed by atoms with van der Waals surface area (Å²) in [4.78, 5) is 16.5. The highest BCUT2D eigenvalue weighted by atomic mass is 16.2. The Labute approximate surface area is 112 Å². The maximum Gasteiger partial charge on any atom is 0.236 e.